The Balaban J connectivity index is 0.000000270. The van der Waals surface area contributed by atoms with Gasteiger partial charge in [-0.1, -0.05) is 56.2 Å². The molecule has 0 aromatic heterocycles. The summed E-state index contributed by atoms with van der Waals surface area (Å²) in [6, 6.07) is 0.293. The fraction of sp³-hybridized carbons (Fsp3) is 0.632. The summed E-state index contributed by atoms with van der Waals surface area (Å²) in [7, 11) is 0. The van der Waals surface area contributed by atoms with Crippen molar-refractivity contribution in [3.8, 4) is 0 Å². The van der Waals surface area contributed by atoms with Gasteiger partial charge in [0.2, 0.25) is 0 Å². The van der Waals surface area contributed by atoms with Gasteiger partial charge in [-0.3, -0.25) is 9.69 Å². The summed E-state index contributed by atoms with van der Waals surface area (Å²) in [6.45, 7) is 7.82. The van der Waals surface area contributed by atoms with Gasteiger partial charge in [0, 0.05) is 6.42 Å². The number of hydrogen-bond acceptors (Lipinski definition) is 2. The van der Waals surface area contributed by atoms with Crippen LogP contribution in [-0.4, -0.2) is 29.8 Å². The van der Waals surface area contributed by atoms with Crippen LogP contribution in [0.15, 0.2) is 37.0 Å². The number of allylic oxidation sites excluding steroid dienone is 5. The van der Waals surface area contributed by atoms with Gasteiger partial charge in [0.15, 0.2) is 0 Å². The second-order valence-corrected chi connectivity index (χ2v) is 5.82. The second kappa shape index (κ2) is 11.5. The fourth-order valence-corrected chi connectivity index (χ4v) is 3.01. The molecule has 118 valence electrons. The Morgan fingerprint density at radius 1 is 1.00 bits per heavy atom. The zero-order chi connectivity index (χ0) is 15.3. The van der Waals surface area contributed by atoms with Crippen molar-refractivity contribution in [1.29, 1.82) is 0 Å². The quantitative estimate of drug-likeness (QED) is 0.703. The Kier molecular flexibility index (Phi) is 9.81. The summed E-state index contributed by atoms with van der Waals surface area (Å²) in [5.41, 5.74) is 0. The van der Waals surface area contributed by atoms with Crippen LogP contribution in [0.25, 0.3) is 0 Å². The van der Waals surface area contributed by atoms with E-state index in [-0.39, 0.29) is 0 Å². The molecule has 1 aliphatic carbocycles. The van der Waals surface area contributed by atoms with Crippen LogP contribution < -0.4 is 0 Å². The van der Waals surface area contributed by atoms with Gasteiger partial charge in [0.05, 0.1) is 6.04 Å². The zero-order valence-corrected chi connectivity index (χ0v) is 13.6. The molecular formula is C19H31NO. The highest BCUT2D eigenvalue weighted by molar-refractivity contribution is 5.84. The first-order valence-corrected chi connectivity index (χ1v) is 8.46. The molecule has 2 heteroatoms. The minimum absolute atomic E-state index is 0.293. The van der Waals surface area contributed by atoms with E-state index in [1.807, 2.05) is 31.2 Å². The first kappa shape index (κ1) is 17.9. The van der Waals surface area contributed by atoms with Crippen molar-refractivity contribution in [3.63, 3.8) is 0 Å². The second-order valence-electron chi connectivity index (χ2n) is 5.82. The molecule has 0 bridgehead atoms. The van der Waals surface area contributed by atoms with Crippen LogP contribution in [0.4, 0.5) is 0 Å². The van der Waals surface area contributed by atoms with E-state index in [1.54, 1.807) is 6.08 Å². The first-order valence-electron chi connectivity index (χ1n) is 8.46. The molecule has 21 heavy (non-hydrogen) atoms. The molecule has 0 aromatic rings. The highest BCUT2D eigenvalue weighted by Crippen LogP contribution is 2.22. The van der Waals surface area contributed by atoms with E-state index in [0.29, 0.717) is 11.8 Å². The highest BCUT2D eigenvalue weighted by Gasteiger charge is 2.28. The van der Waals surface area contributed by atoms with Gasteiger partial charge in [-0.25, -0.2) is 0 Å². The van der Waals surface area contributed by atoms with E-state index in [4.69, 9.17) is 0 Å². The van der Waals surface area contributed by atoms with E-state index >= 15 is 0 Å². The van der Waals surface area contributed by atoms with Crippen molar-refractivity contribution in [2.75, 3.05) is 13.1 Å². The SMILES string of the molecule is C=C/C=C\C=C/C.O=C1CCCCC1N1CCCCCC1. The van der Waals surface area contributed by atoms with Crippen LogP contribution in [0.3, 0.4) is 0 Å². The summed E-state index contributed by atoms with van der Waals surface area (Å²) in [5, 5.41) is 0. The number of Topliss-reactive ketones (excluding diaryl/α,β-unsaturated/α-hetero) is 1. The molecule has 1 unspecified atom stereocenters. The van der Waals surface area contributed by atoms with Gasteiger partial charge in [-0.15, -0.1) is 0 Å². The van der Waals surface area contributed by atoms with Crippen LogP contribution >= 0.6 is 0 Å². The van der Waals surface area contributed by atoms with Crippen molar-refractivity contribution in [3.05, 3.63) is 37.0 Å². The lowest BCUT2D eigenvalue weighted by atomic mass is 9.93. The molecule has 0 amide bonds. The smallest absolute Gasteiger partial charge is 0.149 e. The van der Waals surface area contributed by atoms with Crippen LogP contribution in [0, 0.1) is 0 Å². The normalized spacial score (nSPS) is 24.6. The minimum Gasteiger partial charge on any atom is -0.298 e. The Hall–Kier alpha value is -1.15. The molecule has 0 spiro atoms. The minimum atomic E-state index is 0.293. The van der Waals surface area contributed by atoms with E-state index in [0.717, 1.165) is 32.4 Å². The number of rotatable bonds is 3. The fourth-order valence-electron chi connectivity index (χ4n) is 3.01. The van der Waals surface area contributed by atoms with Crippen molar-refractivity contribution in [1.82, 2.24) is 4.90 Å². The third-order valence-electron chi connectivity index (χ3n) is 4.15. The largest absolute Gasteiger partial charge is 0.298 e. The third kappa shape index (κ3) is 7.42. The molecule has 1 saturated heterocycles. The first-order chi connectivity index (χ1) is 10.3. The molecule has 1 aliphatic heterocycles. The molecule has 0 aromatic carbocycles. The Bertz CT molecular complexity index is 349. The third-order valence-corrected chi connectivity index (χ3v) is 4.15. The molecule has 1 saturated carbocycles. The Morgan fingerprint density at radius 2 is 1.71 bits per heavy atom. The molecular weight excluding hydrogens is 258 g/mol. The predicted molar refractivity (Wildman–Crippen MR) is 91.5 cm³/mol. The summed E-state index contributed by atoms with van der Waals surface area (Å²) in [6.07, 6.45) is 19.2. The summed E-state index contributed by atoms with van der Waals surface area (Å²) in [5.74, 6) is 0.512. The number of hydrogen-bond donors (Lipinski definition) is 0. The maximum atomic E-state index is 11.8. The lowest BCUT2D eigenvalue weighted by Gasteiger charge is -2.32. The predicted octanol–water partition coefficient (Wildman–Crippen LogP) is 4.68. The number of likely N-dealkylation sites (tertiary alicyclic amines) is 1. The Labute approximate surface area is 130 Å². The van der Waals surface area contributed by atoms with E-state index in [2.05, 4.69) is 11.5 Å². The maximum Gasteiger partial charge on any atom is 0.149 e. The molecule has 2 aliphatic rings. The highest BCUT2D eigenvalue weighted by atomic mass is 16.1. The topological polar surface area (TPSA) is 20.3 Å². The van der Waals surface area contributed by atoms with Crippen molar-refractivity contribution >= 4 is 5.78 Å². The lowest BCUT2D eigenvalue weighted by molar-refractivity contribution is -0.126. The maximum absolute atomic E-state index is 11.8. The zero-order valence-electron chi connectivity index (χ0n) is 13.6. The van der Waals surface area contributed by atoms with Crippen molar-refractivity contribution < 1.29 is 4.79 Å². The van der Waals surface area contributed by atoms with E-state index in [1.165, 1.54) is 32.1 Å². The van der Waals surface area contributed by atoms with E-state index < -0.39 is 0 Å². The molecule has 2 rings (SSSR count). The molecule has 0 radical (unpaired) electrons. The van der Waals surface area contributed by atoms with Gasteiger partial charge in [0.1, 0.15) is 5.78 Å². The van der Waals surface area contributed by atoms with Crippen LogP contribution in [-0.2, 0) is 4.79 Å². The standard InChI is InChI=1S/C12H21NO.C7H10/c14-12-8-4-3-7-11(12)13-9-5-1-2-6-10-13;1-3-5-7-6-4-2/h11H,1-10H2;3-7H,1H2,2H3/b;6-4-,7-5-. The van der Waals surface area contributed by atoms with Crippen LogP contribution in [0.2, 0.25) is 0 Å². The molecule has 2 nitrogen and oxygen atoms in total. The molecule has 1 atom stereocenters. The number of ketones is 1. The lowest BCUT2D eigenvalue weighted by Crippen LogP contribution is -2.43. The Morgan fingerprint density at radius 3 is 2.29 bits per heavy atom. The van der Waals surface area contributed by atoms with Gasteiger partial charge >= 0.3 is 0 Å². The number of nitrogens with zero attached hydrogens (tertiary/aromatic N) is 1. The number of carbonyl (C=O) groups excluding carboxylic acids is 1. The van der Waals surface area contributed by atoms with Crippen LogP contribution in [0.5, 0.6) is 0 Å². The molecule has 1 heterocycles. The van der Waals surface area contributed by atoms with E-state index in [9.17, 15) is 4.79 Å². The molecule has 0 N–H and O–H groups in total. The van der Waals surface area contributed by atoms with Gasteiger partial charge in [-0.2, -0.15) is 0 Å². The molecule has 2 fully saturated rings. The summed E-state index contributed by atoms with van der Waals surface area (Å²) >= 11 is 0. The van der Waals surface area contributed by atoms with Gasteiger partial charge in [-0.05, 0) is 45.7 Å². The van der Waals surface area contributed by atoms with Crippen LogP contribution in [0.1, 0.15) is 58.3 Å². The average Bonchev–Trinajstić information content (AvgIpc) is 2.78. The summed E-state index contributed by atoms with van der Waals surface area (Å²) in [4.78, 5) is 14.2. The van der Waals surface area contributed by atoms with Crippen molar-refractivity contribution in [2.45, 2.75) is 64.3 Å². The monoisotopic (exact) mass is 289 g/mol. The average molecular weight is 289 g/mol. The van der Waals surface area contributed by atoms with Gasteiger partial charge in [0.25, 0.3) is 0 Å². The summed E-state index contributed by atoms with van der Waals surface area (Å²) < 4.78 is 0. The number of carbonyl (C=O) groups is 1. The van der Waals surface area contributed by atoms with Gasteiger partial charge < -0.3 is 0 Å². The van der Waals surface area contributed by atoms with Crippen molar-refractivity contribution in [2.24, 2.45) is 0 Å².